The third-order valence-corrected chi connectivity index (χ3v) is 3.59. The van der Waals surface area contributed by atoms with Crippen molar-refractivity contribution in [1.29, 1.82) is 0 Å². The Morgan fingerprint density at radius 2 is 1.35 bits per heavy atom. The van der Waals surface area contributed by atoms with Crippen molar-refractivity contribution in [2.24, 2.45) is 5.92 Å². The molecule has 0 saturated carbocycles. The van der Waals surface area contributed by atoms with Crippen molar-refractivity contribution in [2.45, 2.75) is 24.1 Å². The lowest BCUT2D eigenvalue weighted by molar-refractivity contribution is -0.283. The highest BCUT2D eigenvalue weighted by molar-refractivity contribution is 9.09. The molecule has 0 fully saturated rings. The second-order valence-electron chi connectivity index (χ2n) is 4.09. The van der Waals surface area contributed by atoms with E-state index in [-0.39, 0.29) is 5.56 Å². The second-order valence-corrected chi connectivity index (χ2v) is 5.07. The Hall–Kier alpha value is -0.860. The zero-order valence-electron chi connectivity index (χ0n) is 9.71. The van der Waals surface area contributed by atoms with Gasteiger partial charge in [-0.05, 0) is 24.6 Å². The number of rotatable bonds is 2. The van der Waals surface area contributed by atoms with Crippen LogP contribution in [0.25, 0.3) is 0 Å². The predicted octanol–water partition coefficient (Wildman–Crippen LogP) is 5.45. The first kappa shape index (κ1) is 17.2. The van der Waals surface area contributed by atoms with Crippen LogP contribution >= 0.6 is 15.9 Å². The van der Waals surface area contributed by atoms with Crippen LogP contribution in [0.4, 0.5) is 35.1 Å². The molecule has 1 aromatic rings. The van der Waals surface area contributed by atoms with Crippen LogP contribution in [0.5, 0.6) is 0 Å². The molecule has 1 atom stereocenters. The van der Waals surface area contributed by atoms with Gasteiger partial charge in [0.25, 0.3) is 0 Å². The molecule has 1 rings (SSSR count). The quantitative estimate of drug-likeness (QED) is 0.479. The molecule has 114 valence electrons. The van der Waals surface area contributed by atoms with Crippen LogP contribution in [0.15, 0.2) is 12.1 Å². The van der Waals surface area contributed by atoms with Crippen molar-refractivity contribution in [1.82, 2.24) is 0 Å². The molecule has 1 unspecified atom stereocenters. The smallest absolute Gasteiger partial charge is 0.207 e. The van der Waals surface area contributed by atoms with Gasteiger partial charge in [-0.15, -0.1) is 0 Å². The highest BCUT2D eigenvalue weighted by Gasteiger charge is 2.60. The summed E-state index contributed by atoms with van der Waals surface area (Å²) in [5.41, 5.74) is -1.26. The molecule has 0 amide bonds. The summed E-state index contributed by atoms with van der Waals surface area (Å²) in [5.74, 6) is -6.27. The minimum atomic E-state index is -5.65. The molecule has 9 heteroatoms. The number of halogens is 9. The maximum absolute atomic E-state index is 13.5. The Labute approximate surface area is 116 Å². The maximum Gasteiger partial charge on any atom is 0.401 e. The first-order chi connectivity index (χ1) is 8.85. The van der Waals surface area contributed by atoms with Crippen LogP contribution in [0.3, 0.4) is 0 Å². The van der Waals surface area contributed by atoms with E-state index in [1.165, 1.54) is 0 Å². The Kier molecular flexibility index (Phi) is 4.72. The van der Waals surface area contributed by atoms with Gasteiger partial charge < -0.3 is 0 Å². The van der Waals surface area contributed by atoms with Gasteiger partial charge in [-0.25, -0.2) is 8.78 Å². The number of aryl methyl sites for hydroxylation is 1. The molecule has 0 bridgehead atoms. The molecular formula is C11H7BrF8. The van der Waals surface area contributed by atoms with Crippen molar-refractivity contribution in [3.05, 3.63) is 34.9 Å². The molecule has 1 aromatic carbocycles. The molecule has 0 aromatic heterocycles. The normalized spacial score (nSPS) is 14.8. The van der Waals surface area contributed by atoms with Crippen LogP contribution in [-0.2, 0) is 0 Å². The minimum Gasteiger partial charge on any atom is -0.207 e. The number of benzene rings is 1. The van der Waals surface area contributed by atoms with E-state index in [1.807, 2.05) is 0 Å². The highest BCUT2D eigenvalue weighted by atomic mass is 79.9. The van der Waals surface area contributed by atoms with Crippen LogP contribution in [0.1, 0.15) is 16.0 Å². The summed E-state index contributed by atoms with van der Waals surface area (Å²) in [4.78, 5) is -2.47. The minimum absolute atomic E-state index is 0.221. The van der Waals surface area contributed by atoms with Crippen LogP contribution < -0.4 is 0 Å². The van der Waals surface area contributed by atoms with Gasteiger partial charge in [-0.3, -0.25) is 0 Å². The molecule has 0 nitrogen and oxygen atoms in total. The van der Waals surface area contributed by atoms with E-state index in [1.54, 1.807) is 0 Å². The van der Waals surface area contributed by atoms with E-state index in [0.717, 1.165) is 6.92 Å². The molecule has 0 heterocycles. The fraction of sp³-hybridized carbons (Fsp3) is 0.455. The molecule has 0 aliphatic rings. The average molecular weight is 371 g/mol. The van der Waals surface area contributed by atoms with E-state index < -0.39 is 40.3 Å². The van der Waals surface area contributed by atoms with Crippen molar-refractivity contribution in [3.8, 4) is 0 Å². The lowest BCUT2D eigenvalue weighted by atomic mass is 9.96. The zero-order valence-corrected chi connectivity index (χ0v) is 11.3. The molecule has 0 aliphatic heterocycles. The second kappa shape index (κ2) is 5.50. The first-order valence-electron chi connectivity index (χ1n) is 5.08. The SMILES string of the molecule is Cc1cc(F)c(C(Br)C(C(F)(F)F)C(F)(F)F)cc1F. The average Bonchev–Trinajstić information content (AvgIpc) is 2.18. The number of hydrogen-bond donors (Lipinski definition) is 0. The Morgan fingerprint density at radius 3 is 1.75 bits per heavy atom. The first-order valence-corrected chi connectivity index (χ1v) is 6.00. The zero-order chi connectivity index (χ0) is 15.9. The molecule has 0 saturated heterocycles. The van der Waals surface area contributed by atoms with Crippen molar-refractivity contribution < 1.29 is 35.1 Å². The van der Waals surface area contributed by atoms with Gasteiger partial charge >= 0.3 is 12.4 Å². The summed E-state index contributed by atoms with van der Waals surface area (Å²) >= 11 is 2.19. The Bertz CT molecular complexity index is 476. The van der Waals surface area contributed by atoms with Gasteiger partial charge in [-0.2, -0.15) is 26.3 Å². The fourth-order valence-electron chi connectivity index (χ4n) is 1.57. The summed E-state index contributed by atoms with van der Waals surface area (Å²) in [5, 5.41) is 0. The van der Waals surface area contributed by atoms with Crippen molar-refractivity contribution in [2.75, 3.05) is 0 Å². The van der Waals surface area contributed by atoms with Crippen LogP contribution in [0.2, 0.25) is 0 Å². The van der Waals surface area contributed by atoms with Gasteiger partial charge in [0.2, 0.25) is 0 Å². The summed E-state index contributed by atoms with van der Waals surface area (Å²) in [6.45, 7) is 1.14. The van der Waals surface area contributed by atoms with E-state index in [4.69, 9.17) is 0 Å². The van der Waals surface area contributed by atoms with Crippen molar-refractivity contribution >= 4 is 15.9 Å². The van der Waals surface area contributed by atoms with Gasteiger partial charge in [0, 0.05) is 5.56 Å². The predicted molar refractivity (Wildman–Crippen MR) is 58.4 cm³/mol. The van der Waals surface area contributed by atoms with Crippen LogP contribution in [0, 0.1) is 24.5 Å². The highest BCUT2D eigenvalue weighted by Crippen LogP contribution is 2.50. The Morgan fingerprint density at radius 1 is 0.900 bits per heavy atom. The lowest BCUT2D eigenvalue weighted by Crippen LogP contribution is -2.39. The van der Waals surface area contributed by atoms with E-state index >= 15 is 0 Å². The van der Waals surface area contributed by atoms with E-state index in [9.17, 15) is 35.1 Å². The maximum atomic E-state index is 13.5. The molecule has 0 N–H and O–H groups in total. The summed E-state index contributed by atoms with van der Waals surface area (Å²) < 4.78 is 102. The molecule has 0 aliphatic carbocycles. The summed E-state index contributed by atoms with van der Waals surface area (Å²) in [6, 6.07) is 0.872. The standard InChI is InChI=1S/C11H7BrF8/c1-4-2-7(14)5(3-6(4)13)8(12)9(10(15,16)17)11(18,19)20/h2-3,8-9H,1H3. The number of hydrogen-bond acceptors (Lipinski definition) is 0. The topological polar surface area (TPSA) is 0 Å². The van der Waals surface area contributed by atoms with E-state index in [2.05, 4.69) is 15.9 Å². The van der Waals surface area contributed by atoms with Gasteiger partial charge in [-0.1, -0.05) is 15.9 Å². The monoisotopic (exact) mass is 370 g/mol. The number of alkyl halides is 7. The molecule has 0 spiro atoms. The van der Waals surface area contributed by atoms with Crippen LogP contribution in [-0.4, -0.2) is 12.4 Å². The third-order valence-electron chi connectivity index (χ3n) is 2.57. The lowest BCUT2D eigenvalue weighted by Gasteiger charge is -2.27. The fourth-order valence-corrected chi connectivity index (χ4v) is 2.52. The van der Waals surface area contributed by atoms with Gasteiger partial charge in [0.1, 0.15) is 11.6 Å². The largest absolute Gasteiger partial charge is 0.401 e. The molecule has 20 heavy (non-hydrogen) atoms. The third kappa shape index (κ3) is 3.62. The van der Waals surface area contributed by atoms with Gasteiger partial charge in [0.15, 0.2) is 5.92 Å². The summed E-state index contributed by atoms with van der Waals surface area (Å²) in [7, 11) is 0. The molecular weight excluding hydrogens is 364 g/mol. The summed E-state index contributed by atoms with van der Waals surface area (Å²) in [6.07, 6.45) is -11.3. The van der Waals surface area contributed by atoms with Gasteiger partial charge in [0.05, 0.1) is 4.83 Å². The Balaban J connectivity index is 3.34. The molecule has 0 radical (unpaired) electrons. The van der Waals surface area contributed by atoms with Crippen molar-refractivity contribution in [3.63, 3.8) is 0 Å². The van der Waals surface area contributed by atoms with E-state index in [0.29, 0.717) is 12.1 Å².